The van der Waals surface area contributed by atoms with E-state index < -0.39 is 5.97 Å². The molecule has 0 fully saturated rings. The van der Waals surface area contributed by atoms with E-state index in [0.717, 1.165) is 18.5 Å². The zero-order chi connectivity index (χ0) is 14.0. The van der Waals surface area contributed by atoms with Crippen LogP contribution in [0.1, 0.15) is 42.2 Å². The van der Waals surface area contributed by atoms with E-state index in [4.69, 9.17) is 9.52 Å². The van der Waals surface area contributed by atoms with Crippen molar-refractivity contribution < 1.29 is 14.3 Å². The van der Waals surface area contributed by atoms with Crippen molar-refractivity contribution in [2.45, 2.75) is 33.1 Å². The Bertz CT molecular complexity index is 598. The Labute approximate surface area is 111 Å². The molecule has 0 unspecified atom stereocenters. The lowest BCUT2D eigenvalue weighted by molar-refractivity contribution is 0.0661. The van der Waals surface area contributed by atoms with Crippen LogP contribution in [0.25, 0.3) is 11.6 Å². The Hall–Kier alpha value is -2.11. The number of aryl methyl sites for hydroxylation is 3. The van der Waals surface area contributed by atoms with Crippen molar-refractivity contribution in [3.8, 4) is 11.6 Å². The maximum Gasteiger partial charge on any atom is 0.373 e. The summed E-state index contributed by atoms with van der Waals surface area (Å²) in [5.41, 5.74) is 2.11. The highest BCUT2D eigenvalue weighted by molar-refractivity contribution is 5.86. The van der Waals surface area contributed by atoms with Gasteiger partial charge in [0, 0.05) is 7.05 Å². The van der Waals surface area contributed by atoms with Crippen LogP contribution < -0.4 is 0 Å². The zero-order valence-electron chi connectivity index (χ0n) is 11.3. The van der Waals surface area contributed by atoms with Gasteiger partial charge in [-0.2, -0.15) is 5.10 Å². The molecule has 0 aromatic carbocycles. The van der Waals surface area contributed by atoms with E-state index in [2.05, 4.69) is 10.1 Å². The lowest BCUT2D eigenvalue weighted by Gasteiger charge is -1.94. The molecule has 2 heterocycles. The Morgan fingerprint density at radius 1 is 1.47 bits per heavy atom. The van der Waals surface area contributed by atoms with Crippen LogP contribution in [0.15, 0.2) is 10.5 Å². The fraction of sp³-hybridized carbons (Fsp3) is 0.462. The smallest absolute Gasteiger partial charge is 0.373 e. The number of nitrogens with zero attached hydrogens (tertiary/aromatic N) is 3. The average molecular weight is 263 g/mol. The Kier molecular flexibility index (Phi) is 3.69. The third kappa shape index (κ3) is 2.52. The fourth-order valence-electron chi connectivity index (χ4n) is 1.93. The van der Waals surface area contributed by atoms with Gasteiger partial charge in [-0.1, -0.05) is 20.3 Å². The maximum atomic E-state index is 11.1. The average Bonchev–Trinajstić information content (AvgIpc) is 2.93. The van der Waals surface area contributed by atoms with Gasteiger partial charge >= 0.3 is 5.97 Å². The first-order chi connectivity index (χ1) is 9.06. The number of oxazole rings is 1. The van der Waals surface area contributed by atoms with Gasteiger partial charge in [0.2, 0.25) is 11.7 Å². The molecule has 6 heteroatoms. The molecular formula is C13H17N3O3. The Morgan fingerprint density at radius 3 is 2.74 bits per heavy atom. The number of rotatable bonds is 5. The number of carbonyl (C=O) groups is 1. The molecule has 0 saturated carbocycles. The summed E-state index contributed by atoms with van der Waals surface area (Å²) in [6.45, 7) is 3.98. The third-order valence-corrected chi connectivity index (χ3v) is 2.89. The van der Waals surface area contributed by atoms with Crippen LogP contribution in [0.5, 0.6) is 0 Å². The molecule has 0 amide bonds. The van der Waals surface area contributed by atoms with Gasteiger partial charge in [-0.05, 0) is 18.9 Å². The minimum atomic E-state index is -1.08. The molecule has 1 N–H and O–H groups in total. The summed E-state index contributed by atoms with van der Waals surface area (Å²) in [5, 5.41) is 13.4. The number of hydrogen-bond acceptors (Lipinski definition) is 4. The van der Waals surface area contributed by atoms with Crippen molar-refractivity contribution in [3.05, 3.63) is 23.2 Å². The maximum absolute atomic E-state index is 11.1. The third-order valence-electron chi connectivity index (χ3n) is 2.89. The number of aromatic carboxylic acids is 1. The summed E-state index contributed by atoms with van der Waals surface area (Å²) in [6, 6.07) is 1.87. The molecule has 2 rings (SSSR count). The van der Waals surface area contributed by atoms with Gasteiger partial charge in [0.25, 0.3) is 0 Å². The second-order valence-corrected chi connectivity index (χ2v) is 4.35. The predicted molar refractivity (Wildman–Crippen MR) is 69.0 cm³/mol. The first-order valence-corrected chi connectivity index (χ1v) is 6.33. The minimum absolute atomic E-state index is 0.0731. The summed E-state index contributed by atoms with van der Waals surface area (Å²) in [4.78, 5) is 15.4. The summed E-state index contributed by atoms with van der Waals surface area (Å²) < 4.78 is 7.04. The molecule has 0 aliphatic heterocycles. The summed E-state index contributed by atoms with van der Waals surface area (Å²) >= 11 is 0. The Morgan fingerprint density at radius 2 is 2.21 bits per heavy atom. The number of aromatic nitrogens is 3. The van der Waals surface area contributed by atoms with Crippen molar-refractivity contribution in [3.63, 3.8) is 0 Å². The standard InChI is InChI=1S/C13H17N3O3/c1-4-6-9-11(13(17)18)19-12(14-9)10-7-8(5-2)15-16(10)3/h7H,4-6H2,1-3H3,(H,17,18). The van der Waals surface area contributed by atoms with Gasteiger partial charge in [-0.3, -0.25) is 4.68 Å². The van der Waals surface area contributed by atoms with Crippen molar-refractivity contribution in [1.82, 2.24) is 14.8 Å². The van der Waals surface area contributed by atoms with Gasteiger partial charge in [-0.15, -0.1) is 0 Å². The molecule has 0 atom stereocenters. The molecule has 2 aromatic rings. The van der Waals surface area contributed by atoms with Gasteiger partial charge < -0.3 is 9.52 Å². The molecular weight excluding hydrogens is 246 g/mol. The van der Waals surface area contributed by atoms with Gasteiger partial charge in [0.15, 0.2) is 0 Å². The van der Waals surface area contributed by atoms with Crippen LogP contribution in [0.3, 0.4) is 0 Å². The molecule has 0 aliphatic rings. The second kappa shape index (κ2) is 5.26. The molecule has 2 aromatic heterocycles. The van der Waals surface area contributed by atoms with Crippen molar-refractivity contribution in [2.75, 3.05) is 0 Å². The highest BCUT2D eigenvalue weighted by Gasteiger charge is 2.21. The monoisotopic (exact) mass is 263 g/mol. The topological polar surface area (TPSA) is 81.2 Å². The minimum Gasteiger partial charge on any atom is -0.475 e. The van der Waals surface area contributed by atoms with Crippen LogP contribution in [-0.4, -0.2) is 25.8 Å². The first-order valence-electron chi connectivity index (χ1n) is 6.33. The van der Waals surface area contributed by atoms with E-state index in [1.165, 1.54) is 0 Å². The van der Waals surface area contributed by atoms with E-state index in [-0.39, 0.29) is 5.76 Å². The van der Waals surface area contributed by atoms with Crippen molar-refractivity contribution in [2.24, 2.45) is 7.05 Å². The highest BCUT2D eigenvalue weighted by Crippen LogP contribution is 2.23. The highest BCUT2D eigenvalue weighted by atomic mass is 16.4. The lowest BCUT2D eigenvalue weighted by atomic mass is 10.2. The molecule has 19 heavy (non-hydrogen) atoms. The van der Waals surface area contributed by atoms with Crippen molar-refractivity contribution >= 4 is 5.97 Å². The van der Waals surface area contributed by atoms with Crippen LogP contribution in [-0.2, 0) is 19.9 Å². The van der Waals surface area contributed by atoms with Gasteiger partial charge in [0.05, 0.1) is 11.4 Å². The van der Waals surface area contributed by atoms with E-state index in [9.17, 15) is 4.79 Å². The first kappa shape index (κ1) is 13.3. The summed E-state index contributed by atoms with van der Waals surface area (Å²) in [5.74, 6) is -0.841. The van der Waals surface area contributed by atoms with Gasteiger partial charge in [0.1, 0.15) is 5.69 Å². The van der Waals surface area contributed by atoms with Crippen LogP contribution in [0.2, 0.25) is 0 Å². The summed E-state index contributed by atoms with van der Waals surface area (Å²) in [7, 11) is 1.79. The normalized spacial score (nSPS) is 10.9. The Balaban J connectivity index is 2.47. The van der Waals surface area contributed by atoms with E-state index in [0.29, 0.717) is 23.7 Å². The van der Waals surface area contributed by atoms with Crippen LogP contribution in [0, 0.1) is 0 Å². The van der Waals surface area contributed by atoms with E-state index in [1.54, 1.807) is 11.7 Å². The molecule has 0 saturated heterocycles. The molecule has 102 valence electrons. The molecule has 0 aliphatic carbocycles. The SMILES string of the molecule is CCCc1nc(-c2cc(CC)nn2C)oc1C(=O)O. The van der Waals surface area contributed by atoms with E-state index in [1.807, 2.05) is 19.9 Å². The quantitative estimate of drug-likeness (QED) is 0.895. The largest absolute Gasteiger partial charge is 0.475 e. The van der Waals surface area contributed by atoms with E-state index >= 15 is 0 Å². The second-order valence-electron chi connectivity index (χ2n) is 4.35. The zero-order valence-corrected chi connectivity index (χ0v) is 11.3. The number of hydrogen-bond donors (Lipinski definition) is 1. The van der Waals surface area contributed by atoms with Crippen molar-refractivity contribution in [1.29, 1.82) is 0 Å². The molecule has 0 bridgehead atoms. The summed E-state index contributed by atoms with van der Waals surface area (Å²) in [6.07, 6.45) is 2.21. The number of carboxylic acid groups (broad SMARTS) is 1. The molecule has 6 nitrogen and oxygen atoms in total. The number of carboxylic acids is 1. The van der Waals surface area contributed by atoms with Gasteiger partial charge in [-0.25, -0.2) is 9.78 Å². The fourth-order valence-corrected chi connectivity index (χ4v) is 1.93. The molecule has 0 spiro atoms. The predicted octanol–water partition coefficient (Wildman–Crippen LogP) is 2.29. The lowest BCUT2D eigenvalue weighted by Crippen LogP contribution is -1.99. The van der Waals surface area contributed by atoms with Crippen LogP contribution >= 0.6 is 0 Å². The van der Waals surface area contributed by atoms with Crippen LogP contribution in [0.4, 0.5) is 0 Å². The molecule has 0 radical (unpaired) electrons.